The zero-order chi connectivity index (χ0) is 48.9. The van der Waals surface area contributed by atoms with Crippen LogP contribution in [0.4, 0.5) is 22.7 Å². The van der Waals surface area contributed by atoms with Gasteiger partial charge in [0.25, 0.3) is 0 Å². The van der Waals surface area contributed by atoms with Crippen LogP contribution in [0.25, 0.3) is 0 Å². The van der Waals surface area contributed by atoms with E-state index in [4.69, 9.17) is 0 Å². The third kappa shape index (κ3) is 13.7. The van der Waals surface area contributed by atoms with Gasteiger partial charge in [-0.15, -0.1) is 0 Å². The summed E-state index contributed by atoms with van der Waals surface area (Å²) in [6, 6.07) is 36.0. The van der Waals surface area contributed by atoms with Gasteiger partial charge >= 0.3 is 0 Å². The highest BCUT2D eigenvalue weighted by Crippen LogP contribution is 2.39. The number of anilines is 4. The van der Waals surface area contributed by atoms with Crippen molar-refractivity contribution in [3.63, 3.8) is 0 Å². The zero-order valence-corrected chi connectivity index (χ0v) is 43.7. The predicted octanol–water partition coefficient (Wildman–Crippen LogP) is 15.6. The number of fused-ring (bicyclic) bond motifs is 2. The number of nitrogens with zero attached hydrogens (tertiary/aromatic N) is 2. The Morgan fingerprint density at radius 2 is 0.971 bits per heavy atom. The number of para-hydroxylation sites is 2. The van der Waals surface area contributed by atoms with Crippen molar-refractivity contribution in [2.24, 2.45) is 0 Å². The maximum absolute atomic E-state index is 14.2. The van der Waals surface area contributed by atoms with Crippen LogP contribution in [0.1, 0.15) is 199 Å². The molecule has 0 fully saturated rings. The van der Waals surface area contributed by atoms with Crippen LogP contribution in [0.5, 0.6) is 0 Å². The van der Waals surface area contributed by atoms with Crippen molar-refractivity contribution in [2.75, 3.05) is 40.1 Å². The minimum atomic E-state index is 0.0511. The lowest BCUT2D eigenvalue weighted by atomic mass is 9.84. The van der Waals surface area contributed by atoms with Gasteiger partial charge in [0, 0.05) is 61.8 Å². The second-order valence-corrected chi connectivity index (χ2v) is 21.2. The maximum Gasteiger partial charge on any atom is 0.226 e. The third-order valence-corrected chi connectivity index (χ3v) is 15.3. The molecular formula is C63H84N4O2. The Morgan fingerprint density at radius 1 is 0.507 bits per heavy atom. The van der Waals surface area contributed by atoms with E-state index >= 15 is 0 Å². The molecule has 5 aromatic carbocycles. The molecule has 0 aliphatic heterocycles. The Morgan fingerprint density at radius 3 is 1.46 bits per heavy atom. The number of rotatable bonds is 25. The van der Waals surface area contributed by atoms with Crippen molar-refractivity contribution in [1.82, 2.24) is 0 Å². The summed E-state index contributed by atoms with van der Waals surface area (Å²) >= 11 is 0. The van der Waals surface area contributed by atoms with E-state index in [2.05, 4.69) is 173 Å². The van der Waals surface area contributed by atoms with Crippen LogP contribution in [0.15, 0.2) is 97.1 Å². The number of carbonyl (C=O) groups is 2. The zero-order valence-electron chi connectivity index (χ0n) is 43.7. The number of aryl methyl sites for hydroxylation is 5. The molecule has 0 bridgehead atoms. The first-order chi connectivity index (χ1) is 33.4. The van der Waals surface area contributed by atoms with Crippen LogP contribution in [0.3, 0.4) is 0 Å². The lowest BCUT2D eigenvalue weighted by molar-refractivity contribution is -0.116. The molecule has 2 amide bonds. The molecule has 2 N–H and O–H groups in total. The van der Waals surface area contributed by atoms with Crippen molar-refractivity contribution in [3.05, 3.63) is 153 Å². The monoisotopic (exact) mass is 929 g/mol. The van der Waals surface area contributed by atoms with Gasteiger partial charge in [-0.3, -0.25) is 9.59 Å². The SMILES string of the molecule is CCCCCCN(CCC(=O)Nc1c(C(C)C)cccc1C(C)CCC(C)c1cccc(C(C)C)c1NC(=O)CCN(Cc1ccc(CC)cc1)c1ccc2c(c1)CCC2)c1ccc2c(c1)CCC2. The lowest BCUT2D eigenvalue weighted by Crippen LogP contribution is -2.29. The van der Waals surface area contributed by atoms with E-state index < -0.39 is 0 Å². The molecule has 0 heterocycles. The number of unbranched alkanes of at least 4 members (excludes halogenated alkanes) is 3. The summed E-state index contributed by atoms with van der Waals surface area (Å²) in [6.07, 6.45) is 15.7. The average molecular weight is 929 g/mol. The van der Waals surface area contributed by atoms with Crippen LogP contribution < -0.4 is 20.4 Å². The Labute approximate surface area is 417 Å². The summed E-state index contributed by atoms with van der Waals surface area (Å²) in [4.78, 5) is 33.1. The Hall–Kier alpha value is -5.36. The van der Waals surface area contributed by atoms with E-state index in [0.717, 1.165) is 69.4 Å². The molecule has 0 aromatic heterocycles. The molecule has 6 heteroatoms. The molecule has 2 unspecified atom stereocenters. The number of hydrogen-bond donors (Lipinski definition) is 2. The van der Waals surface area contributed by atoms with Crippen LogP contribution >= 0.6 is 0 Å². The molecule has 69 heavy (non-hydrogen) atoms. The van der Waals surface area contributed by atoms with Crippen molar-refractivity contribution < 1.29 is 9.59 Å². The number of hydrogen-bond acceptors (Lipinski definition) is 4. The molecule has 7 rings (SSSR count). The lowest BCUT2D eigenvalue weighted by Gasteiger charge is -2.27. The largest absolute Gasteiger partial charge is 0.371 e. The number of carbonyl (C=O) groups excluding carboxylic acids is 2. The molecule has 0 spiro atoms. The van der Waals surface area contributed by atoms with E-state index in [0.29, 0.717) is 25.9 Å². The highest BCUT2D eigenvalue weighted by atomic mass is 16.2. The molecule has 5 aromatic rings. The fourth-order valence-electron chi connectivity index (χ4n) is 10.9. The summed E-state index contributed by atoms with van der Waals surface area (Å²) in [6.45, 7) is 21.0. The fraction of sp³-hybridized carbons (Fsp3) is 0.492. The van der Waals surface area contributed by atoms with E-state index in [-0.39, 0.29) is 35.5 Å². The van der Waals surface area contributed by atoms with Gasteiger partial charge in [-0.25, -0.2) is 0 Å². The van der Waals surface area contributed by atoms with E-state index in [1.54, 1.807) is 0 Å². The normalized spacial score (nSPS) is 13.9. The van der Waals surface area contributed by atoms with Gasteiger partial charge < -0.3 is 20.4 Å². The molecule has 368 valence electrons. The minimum Gasteiger partial charge on any atom is -0.371 e. The number of nitrogens with one attached hydrogen (secondary N) is 2. The minimum absolute atomic E-state index is 0.0511. The van der Waals surface area contributed by atoms with Crippen LogP contribution in [-0.4, -0.2) is 31.4 Å². The van der Waals surface area contributed by atoms with Crippen molar-refractivity contribution in [1.29, 1.82) is 0 Å². The highest BCUT2D eigenvalue weighted by Gasteiger charge is 2.24. The Bertz CT molecular complexity index is 2470. The summed E-state index contributed by atoms with van der Waals surface area (Å²) < 4.78 is 0. The second kappa shape index (κ2) is 25.0. The summed E-state index contributed by atoms with van der Waals surface area (Å²) in [7, 11) is 0. The first-order valence-electron chi connectivity index (χ1n) is 27.1. The molecule has 0 saturated carbocycles. The number of amides is 2. The third-order valence-electron chi connectivity index (χ3n) is 15.3. The van der Waals surface area contributed by atoms with Gasteiger partial charge in [0.2, 0.25) is 11.8 Å². The second-order valence-electron chi connectivity index (χ2n) is 21.2. The molecule has 6 nitrogen and oxygen atoms in total. The smallest absolute Gasteiger partial charge is 0.226 e. The predicted molar refractivity (Wildman–Crippen MR) is 294 cm³/mol. The number of benzene rings is 5. The van der Waals surface area contributed by atoms with E-state index in [9.17, 15) is 9.59 Å². The topological polar surface area (TPSA) is 64.7 Å². The van der Waals surface area contributed by atoms with Gasteiger partial charge in [0.05, 0.1) is 0 Å². The Balaban J connectivity index is 1.02. The highest BCUT2D eigenvalue weighted by molar-refractivity contribution is 5.94. The Kier molecular flexibility index (Phi) is 18.6. The van der Waals surface area contributed by atoms with Gasteiger partial charge in [-0.2, -0.15) is 0 Å². The summed E-state index contributed by atoms with van der Waals surface area (Å²) in [5, 5.41) is 6.96. The summed E-state index contributed by atoms with van der Waals surface area (Å²) in [5.41, 5.74) is 17.7. The standard InChI is InChI=1S/C63H84N4O2/c1-9-11-12-13-38-66(54-34-32-50-18-14-20-52(50)41-54)39-36-60(68)64-62-56(44(3)4)22-16-24-58(62)46(7)26-27-47(8)59-25-17-23-57(45(5)6)63(59)65-61(69)37-40-67(43-49-30-28-48(10-2)29-31-49)55-35-33-51-19-15-21-53(51)42-55/h16-17,22-25,28-35,41-42,44-47H,9-15,18-21,26-27,36-40,43H2,1-8H3,(H,64,68)(H,65,69). The first-order valence-corrected chi connectivity index (χ1v) is 27.1. The van der Waals surface area contributed by atoms with Crippen LogP contribution in [-0.2, 0) is 48.2 Å². The molecule has 2 atom stereocenters. The van der Waals surface area contributed by atoms with Crippen molar-refractivity contribution in [2.45, 2.75) is 182 Å². The van der Waals surface area contributed by atoms with Crippen LogP contribution in [0, 0.1) is 0 Å². The van der Waals surface area contributed by atoms with Gasteiger partial charge in [0.15, 0.2) is 0 Å². The molecule has 2 aliphatic carbocycles. The average Bonchev–Trinajstić information content (AvgIpc) is 4.04. The molecule has 0 saturated heterocycles. The molecule has 0 radical (unpaired) electrons. The van der Waals surface area contributed by atoms with E-state index in [1.165, 1.54) is 106 Å². The summed E-state index contributed by atoms with van der Waals surface area (Å²) in [5.74, 6) is 1.09. The van der Waals surface area contributed by atoms with Gasteiger partial charge in [-0.1, -0.05) is 147 Å². The maximum atomic E-state index is 14.2. The van der Waals surface area contributed by atoms with E-state index in [1.807, 2.05) is 0 Å². The first kappa shape index (κ1) is 51.5. The van der Waals surface area contributed by atoms with Gasteiger partial charge in [0.1, 0.15) is 0 Å². The quantitative estimate of drug-likeness (QED) is 0.0573. The van der Waals surface area contributed by atoms with Crippen molar-refractivity contribution in [3.8, 4) is 0 Å². The van der Waals surface area contributed by atoms with Crippen LogP contribution in [0.2, 0.25) is 0 Å². The fourth-order valence-corrected chi connectivity index (χ4v) is 10.9. The molecule has 2 aliphatic rings. The van der Waals surface area contributed by atoms with Crippen molar-refractivity contribution >= 4 is 34.6 Å². The molecular weight excluding hydrogens is 845 g/mol. The van der Waals surface area contributed by atoms with Gasteiger partial charge in [-0.05, 0) is 168 Å².